The molecule has 0 bridgehead atoms. The van der Waals surface area contributed by atoms with Crippen LogP contribution in [0.15, 0.2) is 18.3 Å². The summed E-state index contributed by atoms with van der Waals surface area (Å²) in [5, 5.41) is 20.5. The highest BCUT2D eigenvalue weighted by Crippen LogP contribution is 2.23. The van der Waals surface area contributed by atoms with E-state index in [1.807, 2.05) is 12.1 Å². The molecule has 1 aromatic heterocycles. The van der Waals surface area contributed by atoms with Gasteiger partial charge in [-0.3, -0.25) is 0 Å². The summed E-state index contributed by atoms with van der Waals surface area (Å²) in [6.45, 7) is 0.705. The molecule has 4 nitrogen and oxygen atoms in total. The van der Waals surface area contributed by atoms with Crippen LogP contribution in [0.5, 0.6) is 0 Å². The fraction of sp³-hybridized carbons (Fsp3) is 0.615. The monoisotopic (exact) mass is 230 g/mol. The van der Waals surface area contributed by atoms with E-state index >= 15 is 0 Å². The molecule has 1 aromatic rings. The Morgan fingerprint density at radius 2 is 2.24 bits per heavy atom. The minimum Gasteiger partial charge on any atom is -0.307 e. The van der Waals surface area contributed by atoms with E-state index in [4.69, 9.17) is 5.26 Å². The van der Waals surface area contributed by atoms with Crippen LogP contribution in [0.2, 0.25) is 0 Å². The van der Waals surface area contributed by atoms with E-state index in [9.17, 15) is 0 Å². The molecule has 2 rings (SSSR count). The Bertz CT molecular complexity index is 371. The Morgan fingerprint density at radius 1 is 1.35 bits per heavy atom. The van der Waals surface area contributed by atoms with E-state index in [-0.39, 0.29) is 5.92 Å². The van der Waals surface area contributed by atoms with Crippen molar-refractivity contribution >= 4 is 0 Å². The van der Waals surface area contributed by atoms with Gasteiger partial charge in [0.1, 0.15) is 0 Å². The lowest BCUT2D eigenvalue weighted by atomic mass is 9.96. The average Bonchev–Trinajstić information content (AvgIpc) is 2.62. The molecule has 90 valence electrons. The molecule has 2 unspecified atom stereocenters. The second kappa shape index (κ2) is 6.31. The van der Waals surface area contributed by atoms with E-state index in [1.54, 1.807) is 6.20 Å². The number of nitrogens with one attached hydrogen (secondary N) is 1. The van der Waals surface area contributed by atoms with E-state index in [1.165, 1.54) is 19.3 Å². The molecule has 17 heavy (non-hydrogen) atoms. The molecule has 1 aliphatic rings. The van der Waals surface area contributed by atoms with Crippen LogP contribution in [0.4, 0.5) is 0 Å². The van der Waals surface area contributed by atoms with Crippen molar-refractivity contribution in [2.75, 3.05) is 0 Å². The van der Waals surface area contributed by atoms with Crippen molar-refractivity contribution in [1.82, 2.24) is 15.5 Å². The Kier molecular flexibility index (Phi) is 4.45. The third-order valence-corrected chi connectivity index (χ3v) is 3.35. The standard InChI is InChI=1S/C13H18N4/c14-9-11-5-2-1-3-7-13(11)15-10-12-6-4-8-16-17-12/h4,6,8,11,13,15H,1-3,5,7,10H2. The van der Waals surface area contributed by atoms with Gasteiger partial charge in [0.2, 0.25) is 0 Å². The lowest BCUT2D eigenvalue weighted by Crippen LogP contribution is -2.34. The van der Waals surface area contributed by atoms with E-state index in [2.05, 4.69) is 21.6 Å². The van der Waals surface area contributed by atoms with Crippen LogP contribution in [0.25, 0.3) is 0 Å². The summed E-state index contributed by atoms with van der Waals surface area (Å²) in [5.41, 5.74) is 0.938. The molecule has 0 aliphatic heterocycles. The largest absolute Gasteiger partial charge is 0.307 e. The first-order valence-electron chi connectivity index (χ1n) is 6.30. The van der Waals surface area contributed by atoms with E-state index < -0.39 is 0 Å². The van der Waals surface area contributed by atoms with Crippen LogP contribution in [0, 0.1) is 17.2 Å². The average molecular weight is 230 g/mol. The Balaban J connectivity index is 1.90. The van der Waals surface area contributed by atoms with E-state index in [0.717, 1.165) is 18.5 Å². The van der Waals surface area contributed by atoms with Gasteiger partial charge in [0.05, 0.1) is 17.7 Å². The molecule has 0 aromatic carbocycles. The molecule has 2 atom stereocenters. The van der Waals surface area contributed by atoms with Crippen molar-refractivity contribution in [3.8, 4) is 6.07 Å². The molecular weight excluding hydrogens is 212 g/mol. The predicted octanol–water partition coefficient (Wildman–Crippen LogP) is 2.04. The quantitative estimate of drug-likeness (QED) is 0.807. The fourth-order valence-electron chi connectivity index (χ4n) is 2.37. The number of hydrogen-bond donors (Lipinski definition) is 1. The lowest BCUT2D eigenvalue weighted by Gasteiger charge is -2.20. The summed E-state index contributed by atoms with van der Waals surface area (Å²) in [4.78, 5) is 0. The maximum Gasteiger partial charge on any atom is 0.0769 e. The fourth-order valence-corrected chi connectivity index (χ4v) is 2.37. The molecule has 1 fully saturated rings. The van der Waals surface area contributed by atoms with Gasteiger partial charge in [-0.05, 0) is 25.0 Å². The van der Waals surface area contributed by atoms with Crippen molar-refractivity contribution in [2.24, 2.45) is 5.92 Å². The molecule has 0 spiro atoms. The molecule has 0 saturated heterocycles. The maximum absolute atomic E-state index is 9.17. The zero-order valence-electron chi connectivity index (χ0n) is 9.97. The zero-order chi connectivity index (χ0) is 11.9. The van der Waals surface area contributed by atoms with E-state index in [0.29, 0.717) is 12.6 Å². The van der Waals surface area contributed by atoms with Crippen molar-refractivity contribution < 1.29 is 0 Å². The number of nitriles is 1. The summed E-state index contributed by atoms with van der Waals surface area (Å²) in [6.07, 6.45) is 7.44. The second-order valence-corrected chi connectivity index (χ2v) is 4.58. The second-order valence-electron chi connectivity index (χ2n) is 4.58. The van der Waals surface area contributed by atoms with Gasteiger partial charge in [0.25, 0.3) is 0 Å². The van der Waals surface area contributed by atoms with Gasteiger partial charge in [-0.25, -0.2) is 0 Å². The van der Waals surface area contributed by atoms with Crippen molar-refractivity contribution in [3.63, 3.8) is 0 Å². The lowest BCUT2D eigenvalue weighted by molar-refractivity contribution is 0.391. The smallest absolute Gasteiger partial charge is 0.0769 e. The predicted molar refractivity (Wildman–Crippen MR) is 64.8 cm³/mol. The highest BCUT2D eigenvalue weighted by Gasteiger charge is 2.22. The summed E-state index contributed by atoms with van der Waals surface area (Å²) in [5.74, 6) is 0.147. The Hall–Kier alpha value is -1.47. The van der Waals surface area contributed by atoms with Crippen molar-refractivity contribution in [2.45, 2.75) is 44.7 Å². The van der Waals surface area contributed by atoms with Gasteiger partial charge in [0.15, 0.2) is 0 Å². The molecule has 1 saturated carbocycles. The SMILES string of the molecule is N#CC1CCCCCC1NCc1cccnn1. The van der Waals surface area contributed by atoms with Crippen LogP contribution in [0.1, 0.15) is 37.8 Å². The highest BCUT2D eigenvalue weighted by molar-refractivity contribution is 5.00. The van der Waals surface area contributed by atoms with Crippen LogP contribution in [-0.2, 0) is 6.54 Å². The number of nitrogens with zero attached hydrogens (tertiary/aromatic N) is 3. The zero-order valence-corrected chi connectivity index (χ0v) is 9.97. The first-order valence-corrected chi connectivity index (χ1v) is 6.30. The third-order valence-electron chi connectivity index (χ3n) is 3.35. The van der Waals surface area contributed by atoms with Gasteiger partial charge in [0, 0.05) is 18.8 Å². The minimum atomic E-state index is 0.147. The summed E-state index contributed by atoms with van der Waals surface area (Å²) < 4.78 is 0. The molecular formula is C13H18N4. The highest BCUT2D eigenvalue weighted by atomic mass is 15.1. The molecule has 4 heteroatoms. The Labute approximate surface area is 102 Å². The van der Waals surface area contributed by atoms with Crippen LogP contribution in [0.3, 0.4) is 0 Å². The van der Waals surface area contributed by atoms with Gasteiger partial charge in [-0.1, -0.05) is 19.3 Å². The molecule has 0 radical (unpaired) electrons. The first-order chi connectivity index (χ1) is 8.40. The maximum atomic E-state index is 9.17. The molecule has 1 heterocycles. The summed E-state index contributed by atoms with van der Waals surface area (Å²) in [6, 6.07) is 6.59. The Morgan fingerprint density at radius 3 is 3.00 bits per heavy atom. The van der Waals surface area contributed by atoms with Crippen LogP contribution < -0.4 is 5.32 Å². The van der Waals surface area contributed by atoms with Crippen molar-refractivity contribution in [3.05, 3.63) is 24.0 Å². The van der Waals surface area contributed by atoms with Crippen LogP contribution in [-0.4, -0.2) is 16.2 Å². The van der Waals surface area contributed by atoms with Crippen LogP contribution >= 0.6 is 0 Å². The molecule has 1 N–H and O–H groups in total. The van der Waals surface area contributed by atoms with Gasteiger partial charge in [-0.15, -0.1) is 0 Å². The van der Waals surface area contributed by atoms with Crippen molar-refractivity contribution in [1.29, 1.82) is 5.26 Å². The number of rotatable bonds is 3. The van der Waals surface area contributed by atoms with Gasteiger partial charge < -0.3 is 5.32 Å². The summed E-state index contributed by atoms with van der Waals surface area (Å²) >= 11 is 0. The molecule has 1 aliphatic carbocycles. The van der Waals surface area contributed by atoms with Gasteiger partial charge >= 0.3 is 0 Å². The third kappa shape index (κ3) is 3.50. The van der Waals surface area contributed by atoms with Gasteiger partial charge in [-0.2, -0.15) is 15.5 Å². The molecule has 0 amide bonds. The first kappa shape index (κ1) is 12.0. The topological polar surface area (TPSA) is 61.6 Å². The summed E-state index contributed by atoms with van der Waals surface area (Å²) in [7, 11) is 0. The minimum absolute atomic E-state index is 0.147. The number of aromatic nitrogens is 2. The number of hydrogen-bond acceptors (Lipinski definition) is 4. The normalized spacial score (nSPS) is 24.9.